The van der Waals surface area contributed by atoms with Gasteiger partial charge in [-0.25, -0.2) is 4.79 Å². The third-order valence-electron chi connectivity index (χ3n) is 3.82. The minimum absolute atomic E-state index is 0.0401. The third kappa shape index (κ3) is 5.89. The number of fused-ring (bicyclic) bond motifs is 1. The van der Waals surface area contributed by atoms with E-state index in [-0.39, 0.29) is 24.3 Å². The standard InChI is InChI=1S/C21H26O4/c1-5-24-19(22)13-15-10-11-16-8-6-7-9-18(16)17(12-15)14-20(23)25-21(2,3)4/h6-11,13,17H,5,12,14H2,1-4H3. The molecule has 1 aliphatic rings. The molecule has 0 aromatic heterocycles. The van der Waals surface area contributed by atoms with E-state index in [9.17, 15) is 9.59 Å². The second-order valence-electron chi connectivity index (χ2n) is 7.13. The Bertz CT molecular complexity index is 692. The molecule has 2 rings (SSSR count). The summed E-state index contributed by atoms with van der Waals surface area (Å²) in [6.07, 6.45) is 6.27. The van der Waals surface area contributed by atoms with Crippen molar-refractivity contribution >= 4 is 18.0 Å². The molecule has 4 heteroatoms. The SMILES string of the molecule is CCOC(=O)C=C1C=Cc2ccccc2C(CC(=O)OC(C)(C)C)C1. The topological polar surface area (TPSA) is 52.6 Å². The normalized spacial score (nSPS) is 18.4. The van der Waals surface area contributed by atoms with Crippen LogP contribution in [0.3, 0.4) is 0 Å². The van der Waals surface area contributed by atoms with Gasteiger partial charge in [-0.05, 0) is 56.7 Å². The Morgan fingerprint density at radius 3 is 2.60 bits per heavy atom. The van der Waals surface area contributed by atoms with Crippen LogP contribution < -0.4 is 0 Å². The van der Waals surface area contributed by atoms with E-state index in [0.717, 1.165) is 16.7 Å². The number of rotatable bonds is 4. The molecule has 25 heavy (non-hydrogen) atoms. The van der Waals surface area contributed by atoms with Crippen LogP contribution in [0, 0.1) is 0 Å². The monoisotopic (exact) mass is 342 g/mol. The van der Waals surface area contributed by atoms with Gasteiger partial charge in [0.1, 0.15) is 5.60 Å². The van der Waals surface area contributed by atoms with Crippen molar-refractivity contribution < 1.29 is 19.1 Å². The molecule has 1 aromatic rings. The molecule has 0 N–H and O–H groups in total. The van der Waals surface area contributed by atoms with Gasteiger partial charge in [-0.15, -0.1) is 0 Å². The van der Waals surface area contributed by atoms with Crippen molar-refractivity contribution in [2.24, 2.45) is 0 Å². The zero-order chi connectivity index (χ0) is 18.4. The molecule has 4 nitrogen and oxygen atoms in total. The molecule has 1 aliphatic carbocycles. The summed E-state index contributed by atoms with van der Waals surface area (Å²) in [6, 6.07) is 7.98. The fourth-order valence-electron chi connectivity index (χ4n) is 2.90. The summed E-state index contributed by atoms with van der Waals surface area (Å²) in [4.78, 5) is 24.1. The van der Waals surface area contributed by atoms with Gasteiger partial charge in [0, 0.05) is 6.08 Å². The molecular formula is C21H26O4. The molecule has 0 saturated heterocycles. The Hall–Kier alpha value is -2.36. The molecule has 1 aromatic carbocycles. The predicted molar refractivity (Wildman–Crippen MR) is 98.0 cm³/mol. The second-order valence-corrected chi connectivity index (χ2v) is 7.13. The van der Waals surface area contributed by atoms with Crippen LogP contribution >= 0.6 is 0 Å². The van der Waals surface area contributed by atoms with Gasteiger partial charge in [0.25, 0.3) is 0 Å². The Balaban J connectivity index is 2.26. The molecule has 0 radical (unpaired) electrons. The van der Waals surface area contributed by atoms with Crippen molar-refractivity contribution in [1.29, 1.82) is 0 Å². The van der Waals surface area contributed by atoms with E-state index < -0.39 is 5.60 Å². The summed E-state index contributed by atoms with van der Waals surface area (Å²) in [5, 5.41) is 0. The zero-order valence-corrected chi connectivity index (χ0v) is 15.4. The Labute approximate surface area is 149 Å². The van der Waals surface area contributed by atoms with Crippen LogP contribution in [0.15, 0.2) is 42.0 Å². The summed E-state index contributed by atoms with van der Waals surface area (Å²) >= 11 is 0. The lowest BCUT2D eigenvalue weighted by Gasteiger charge is -2.23. The predicted octanol–water partition coefficient (Wildman–Crippen LogP) is 4.41. The van der Waals surface area contributed by atoms with E-state index in [0.29, 0.717) is 13.0 Å². The molecule has 1 atom stereocenters. The average molecular weight is 342 g/mol. The molecular weight excluding hydrogens is 316 g/mol. The summed E-state index contributed by atoms with van der Waals surface area (Å²) in [6.45, 7) is 7.70. The number of esters is 2. The van der Waals surface area contributed by atoms with Crippen LogP contribution in [-0.4, -0.2) is 24.1 Å². The van der Waals surface area contributed by atoms with Crippen LogP contribution in [0.25, 0.3) is 6.08 Å². The first-order valence-corrected chi connectivity index (χ1v) is 8.64. The molecule has 1 unspecified atom stereocenters. The Morgan fingerprint density at radius 2 is 1.92 bits per heavy atom. The quantitative estimate of drug-likeness (QED) is 0.601. The van der Waals surface area contributed by atoms with Gasteiger partial charge in [-0.1, -0.05) is 36.4 Å². The van der Waals surface area contributed by atoms with E-state index in [4.69, 9.17) is 9.47 Å². The molecule has 0 amide bonds. The number of benzene rings is 1. The summed E-state index contributed by atoms with van der Waals surface area (Å²) in [7, 11) is 0. The largest absolute Gasteiger partial charge is 0.463 e. The number of hydrogen-bond donors (Lipinski definition) is 0. The van der Waals surface area contributed by atoms with Gasteiger partial charge < -0.3 is 9.47 Å². The maximum absolute atomic E-state index is 12.3. The van der Waals surface area contributed by atoms with Gasteiger partial charge in [0.15, 0.2) is 0 Å². The van der Waals surface area contributed by atoms with E-state index in [1.807, 2.05) is 57.2 Å². The van der Waals surface area contributed by atoms with Crippen LogP contribution in [0.1, 0.15) is 57.6 Å². The average Bonchev–Trinajstić information content (AvgIpc) is 2.66. The molecule has 134 valence electrons. The lowest BCUT2D eigenvalue weighted by Crippen LogP contribution is -2.25. The van der Waals surface area contributed by atoms with Gasteiger partial charge in [0.2, 0.25) is 0 Å². The van der Waals surface area contributed by atoms with Crippen LogP contribution in [-0.2, 0) is 19.1 Å². The van der Waals surface area contributed by atoms with E-state index in [2.05, 4.69) is 0 Å². The highest BCUT2D eigenvalue weighted by Crippen LogP contribution is 2.34. The van der Waals surface area contributed by atoms with Gasteiger partial charge >= 0.3 is 11.9 Å². The van der Waals surface area contributed by atoms with Crippen LogP contribution in [0.5, 0.6) is 0 Å². The molecule has 0 aliphatic heterocycles. The molecule has 0 spiro atoms. The van der Waals surface area contributed by atoms with Crippen molar-refractivity contribution in [3.05, 3.63) is 53.1 Å². The number of allylic oxidation sites excluding steroid dienone is 2. The molecule has 0 heterocycles. The highest BCUT2D eigenvalue weighted by Gasteiger charge is 2.25. The minimum Gasteiger partial charge on any atom is -0.463 e. The third-order valence-corrected chi connectivity index (χ3v) is 3.82. The zero-order valence-electron chi connectivity index (χ0n) is 15.4. The van der Waals surface area contributed by atoms with Gasteiger partial charge in [0.05, 0.1) is 13.0 Å². The summed E-state index contributed by atoms with van der Waals surface area (Å²) in [5.41, 5.74) is 2.49. The van der Waals surface area contributed by atoms with Crippen molar-refractivity contribution in [3.8, 4) is 0 Å². The highest BCUT2D eigenvalue weighted by molar-refractivity contribution is 5.84. The van der Waals surface area contributed by atoms with Gasteiger partial charge in [-0.2, -0.15) is 0 Å². The van der Waals surface area contributed by atoms with Crippen molar-refractivity contribution in [3.63, 3.8) is 0 Å². The van der Waals surface area contributed by atoms with Crippen LogP contribution in [0.2, 0.25) is 0 Å². The highest BCUT2D eigenvalue weighted by atomic mass is 16.6. The number of carbonyl (C=O) groups excluding carboxylic acids is 2. The first kappa shape index (κ1) is 19.0. The van der Waals surface area contributed by atoms with E-state index in [1.54, 1.807) is 6.92 Å². The molecule has 0 bridgehead atoms. The maximum atomic E-state index is 12.3. The fraction of sp³-hybridized carbons (Fsp3) is 0.429. The minimum atomic E-state index is -0.511. The fourth-order valence-corrected chi connectivity index (χ4v) is 2.90. The summed E-state index contributed by atoms with van der Waals surface area (Å²) in [5.74, 6) is -0.629. The lowest BCUT2D eigenvalue weighted by atomic mass is 9.88. The number of hydrogen-bond acceptors (Lipinski definition) is 4. The smallest absolute Gasteiger partial charge is 0.331 e. The van der Waals surface area contributed by atoms with E-state index in [1.165, 1.54) is 6.08 Å². The van der Waals surface area contributed by atoms with Crippen molar-refractivity contribution in [2.45, 2.75) is 52.1 Å². The summed E-state index contributed by atoms with van der Waals surface area (Å²) < 4.78 is 10.5. The second kappa shape index (κ2) is 8.15. The van der Waals surface area contributed by atoms with Gasteiger partial charge in [-0.3, -0.25) is 4.79 Å². The lowest BCUT2D eigenvalue weighted by molar-refractivity contribution is -0.155. The van der Waals surface area contributed by atoms with Crippen molar-refractivity contribution in [2.75, 3.05) is 6.61 Å². The number of ether oxygens (including phenoxy) is 2. The molecule has 0 fully saturated rings. The Kier molecular flexibility index (Phi) is 6.18. The first-order valence-electron chi connectivity index (χ1n) is 8.64. The maximum Gasteiger partial charge on any atom is 0.331 e. The number of carbonyl (C=O) groups is 2. The first-order chi connectivity index (χ1) is 11.8. The van der Waals surface area contributed by atoms with Crippen molar-refractivity contribution in [1.82, 2.24) is 0 Å². The van der Waals surface area contributed by atoms with E-state index >= 15 is 0 Å². The Morgan fingerprint density at radius 1 is 1.20 bits per heavy atom. The van der Waals surface area contributed by atoms with Crippen LogP contribution in [0.4, 0.5) is 0 Å². The molecule has 0 saturated carbocycles.